The number of aryl methyl sites for hydroxylation is 1. The van der Waals surface area contributed by atoms with Gasteiger partial charge in [0.15, 0.2) is 0 Å². The highest BCUT2D eigenvalue weighted by atomic mass is 35.5. The predicted octanol–water partition coefficient (Wildman–Crippen LogP) is 4.51. The number of halogens is 1. The van der Waals surface area contributed by atoms with E-state index >= 15 is 0 Å². The number of pyridine rings is 1. The van der Waals surface area contributed by atoms with E-state index in [0.717, 1.165) is 27.6 Å². The number of anilines is 1. The lowest BCUT2D eigenvalue weighted by Crippen LogP contribution is -2.15. The van der Waals surface area contributed by atoms with Crippen LogP contribution in [0.25, 0.3) is 21.9 Å². The highest BCUT2D eigenvalue weighted by molar-refractivity contribution is 6.36. The number of nitrogens with zero attached hydrogens (tertiary/aromatic N) is 4. The fourth-order valence-electron chi connectivity index (χ4n) is 3.64. The Bertz CT molecular complexity index is 1130. The van der Waals surface area contributed by atoms with Gasteiger partial charge >= 0.3 is 0 Å². The van der Waals surface area contributed by atoms with Crippen molar-refractivity contribution in [3.05, 3.63) is 41.3 Å². The fraction of sp³-hybridized carbons (Fsp3) is 0.333. The number of rotatable bonds is 4. The lowest BCUT2D eigenvalue weighted by molar-refractivity contribution is -0.117. The third-order valence-electron chi connectivity index (χ3n) is 5.17. The van der Waals surface area contributed by atoms with Crippen molar-refractivity contribution in [3.63, 3.8) is 0 Å². The molecule has 0 spiro atoms. The largest absolute Gasteiger partial charge is 0.310 e. The number of hydrogen-bond donors (Lipinski definition) is 1. The zero-order chi connectivity index (χ0) is 20.0. The first-order valence-corrected chi connectivity index (χ1v) is 9.59. The quantitative estimate of drug-likeness (QED) is 0.706. The first-order valence-electron chi connectivity index (χ1n) is 9.21. The van der Waals surface area contributed by atoms with Crippen LogP contribution < -0.4 is 5.32 Å². The molecule has 142 valence electrons. The van der Waals surface area contributed by atoms with Gasteiger partial charge in [0.2, 0.25) is 5.91 Å². The van der Waals surface area contributed by atoms with Crippen LogP contribution in [-0.4, -0.2) is 20.7 Å². The number of nitrogens with one attached hydrogen (secondary N) is 1. The second kappa shape index (κ2) is 6.92. The maximum absolute atomic E-state index is 12.2. The number of nitriles is 1. The molecule has 6 nitrogen and oxygen atoms in total. The third kappa shape index (κ3) is 3.23. The van der Waals surface area contributed by atoms with Crippen molar-refractivity contribution in [2.45, 2.75) is 26.2 Å². The molecular weight excluding hydrogens is 374 g/mol. The number of carbonyl (C=O) groups is 1. The summed E-state index contributed by atoms with van der Waals surface area (Å²) in [4.78, 5) is 16.5. The standard InChI is InChI=1S/C21H20ClN5O/c1-11(2)20-17(10-25-27(20)3)12-4-13-7-19(24-9-16(13)18(22)6-12)26-21(28)15-5-14(15)8-23/h4,6-7,9-11,14-15H,5H2,1-3H3,(H,24,26,28)/t14-,15+/m0/s1. The summed E-state index contributed by atoms with van der Waals surface area (Å²) < 4.78 is 1.89. The van der Waals surface area contributed by atoms with Crippen molar-refractivity contribution in [2.75, 3.05) is 5.32 Å². The summed E-state index contributed by atoms with van der Waals surface area (Å²) in [5.74, 6) is 0.207. The van der Waals surface area contributed by atoms with Crippen molar-refractivity contribution >= 4 is 34.1 Å². The summed E-state index contributed by atoms with van der Waals surface area (Å²) in [7, 11) is 1.94. The molecule has 0 aliphatic heterocycles. The highest BCUT2D eigenvalue weighted by Gasteiger charge is 2.43. The molecule has 2 heterocycles. The monoisotopic (exact) mass is 393 g/mol. The molecule has 1 fully saturated rings. The molecule has 1 saturated carbocycles. The van der Waals surface area contributed by atoms with E-state index in [-0.39, 0.29) is 17.7 Å². The molecule has 3 aromatic rings. The van der Waals surface area contributed by atoms with Gasteiger partial charge in [-0.3, -0.25) is 9.48 Å². The summed E-state index contributed by atoms with van der Waals surface area (Å²) in [6, 6.07) is 7.91. The minimum Gasteiger partial charge on any atom is -0.310 e. The SMILES string of the molecule is CC(C)c1c(-c2cc(Cl)c3cnc(NC(=O)[C@@H]4C[C@H]4C#N)cc3c2)cnn1C. The van der Waals surface area contributed by atoms with Gasteiger partial charge in [-0.2, -0.15) is 10.4 Å². The van der Waals surface area contributed by atoms with Gasteiger partial charge in [0.1, 0.15) is 5.82 Å². The number of carbonyl (C=O) groups excluding carboxylic acids is 1. The number of amides is 1. The Morgan fingerprint density at radius 3 is 2.82 bits per heavy atom. The molecule has 28 heavy (non-hydrogen) atoms. The molecule has 7 heteroatoms. The molecule has 0 unspecified atom stereocenters. The van der Waals surface area contributed by atoms with Gasteiger partial charge in [-0.25, -0.2) is 4.98 Å². The molecule has 1 aliphatic carbocycles. The van der Waals surface area contributed by atoms with E-state index in [2.05, 4.69) is 35.3 Å². The Kier molecular flexibility index (Phi) is 4.56. The molecule has 0 saturated heterocycles. The van der Waals surface area contributed by atoms with E-state index in [0.29, 0.717) is 23.2 Å². The maximum atomic E-state index is 12.2. The van der Waals surface area contributed by atoms with Gasteiger partial charge in [0.25, 0.3) is 0 Å². The van der Waals surface area contributed by atoms with Gasteiger partial charge in [-0.05, 0) is 41.5 Å². The zero-order valence-electron chi connectivity index (χ0n) is 15.9. The van der Waals surface area contributed by atoms with E-state index in [4.69, 9.17) is 16.9 Å². The van der Waals surface area contributed by atoms with Gasteiger partial charge in [-0.15, -0.1) is 0 Å². The van der Waals surface area contributed by atoms with Crippen molar-refractivity contribution in [1.82, 2.24) is 14.8 Å². The van der Waals surface area contributed by atoms with Crippen LogP contribution in [-0.2, 0) is 11.8 Å². The Morgan fingerprint density at radius 2 is 2.14 bits per heavy atom. The zero-order valence-corrected chi connectivity index (χ0v) is 16.7. The molecular formula is C21H20ClN5O. The van der Waals surface area contributed by atoms with E-state index in [9.17, 15) is 4.79 Å². The maximum Gasteiger partial charge on any atom is 0.230 e. The first kappa shape index (κ1) is 18.5. The second-order valence-corrected chi connectivity index (χ2v) is 7.94. The summed E-state index contributed by atoms with van der Waals surface area (Å²) in [5, 5.41) is 18.4. The second-order valence-electron chi connectivity index (χ2n) is 7.54. The van der Waals surface area contributed by atoms with Crippen LogP contribution >= 0.6 is 11.6 Å². The Hall–Kier alpha value is -2.91. The molecule has 4 rings (SSSR count). The van der Waals surface area contributed by atoms with E-state index in [1.54, 1.807) is 6.20 Å². The highest BCUT2D eigenvalue weighted by Crippen LogP contribution is 2.39. The van der Waals surface area contributed by atoms with Crippen LogP contribution in [0.3, 0.4) is 0 Å². The Labute approximate surface area is 168 Å². The van der Waals surface area contributed by atoms with Gasteiger partial charge in [-0.1, -0.05) is 25.4 Å². The van der Waals surface area contributed by atoms with Crippen LogP contribution in [0, 0.1) is 23.2 Å². The summed E-state index contributed by atoms with van der Waals surface area (Å²) in [6.07, 6.45) is 4.13. The molecule has 2 atom stereocenters. The van der Waals surface area contributed by atoms with Crippen molar-refractivity contribution in [1.29, 1.82) is 5.26 Å². The summed E-state index contributed by atoms with van der Waals surface area (Å²) >= 11 is 6.52. The number of fused-ring (bicyclic) bond motifs is 1. The molecule has 0 bridgehead atoms. The summed E-state index contributed by atoms with van der Waals surface area (Å²) in [6.45, 7) is 4.26. The minimum absolute atomic E-state index is 0.157. The molecule has 2 aromatic heterocycles. The molecule has 1 N–H and O–H groups in total. The average molecular weight is 394 g/mol. The number of benzene rings is 1. The topological polar surface area (TPSA) is 83.6 Å². The molecule has 1 aliphatic rings. The molecule has 1 amide bonds. The van der Waals surface area contributed by atoms with E-state index < -0.39 is 0 Å². The smallest absolute Gasteiger partial charge is 0.230 e. The van der Waals surface area contributed by atoms with Crippen LogP contribution in [0.4, 0.5) is 5.82 Å². The van der Waals surface area contributed by atoms with Crippen LogP contribution in [0.5, 0.6) is 0 Å². The van der Waals surface area contributed by atoms with Gasteiger partial charge in [0.05, 0.1) is 29.1 Å². The lowest BCUT2D eigenvalue weighted by Gasteiger charge is -2.12. The van der Waals surface area contributed by atoms with E-state index in [1.165, 1.54) is 0 Å². The van der Waals surface area contributed by atoms with Crippen LogP contribution in [0.2, 0.25) is 5.02 Å². The van der Waals surface area contributed by atoms with Gasteiger partial charge in [0, 0.05) is 29.9 Å². The van der Waals surface area contributed by atoms with E-state index in [1.807, 2.05) is 36.1 Å². The Balaban J connectivity index is 1.71. The molecule has 1 aromatic carbocycles. The van der Waals surface area contributed by atoms with Gasteiger partial charge < -0.3 is 5.32 Å². The first-order chi connectivity index (χ1) is 13.4. The fourth-order valence-corrected chi connectivity index (χ4v) is 3.91. The number of hydrogen-bond acceptors (Lipinski definition) is 4. The van der Waals surface area contributed by atoms with Crippen molar-refractivity contribution in [2.24, 2.45) is 18.9 Å². The predicted molar refractivity (Wildman–Crippen MR) is 109 cm³/mol. The normalized spacial score (nSPS) is 18.3. The minimum atomic E-state index is -0.235. The third-order valence-corrected chi connectivity index (χ3v) is 5.49. The van der Waals surface area contributed by atoms with Crippen molar-refractivity contribution < 1.29 is 4.79 Å². The lowest BCUT2D eigenvalue weighted by atomic mass is 9.98. The number of aromatic nitrogens is 3. The van der Waals surface area contributed by atoms with Crippen LogP contribution in [0.15, 0.2) is 30.6 Å². The average Bonchev–Trinajstić information content (AvgIpc) is 3.35. The Morgan fingerprint density at radius 1 is 1.36 bits per heavy atom. The molecule has 0 radical (unpaired) electrons. The summed E-state index contributed by atoms with van der Waals surface area (Å²) in [5.41, 5.74) is 3.15. The van der Waals surface area contributed by atoms with Crippen molar-refractivity contribution in [3.8, 4) is 17.2 Å². The van der Waals surface area contributed by atoms with Crippen LogP contribution in [0.1, 0.15) is 31.9 Å².